The van der Waals surface area contributed by atoms with Crippen LogP contribution in [0.3, 0.4) is 0 Å². The van der Waals surface area contributed by atoms with E-state index in [1.54, 1.807) is 25.3 Å². The van der Waals surface area contributed by atoms with E-state index in [1.165, 1.54) is 6.07 Å². The molecule has 8 nitrogen and oxygen atoms in total. The number of aromatic nitrogens is 3. The summed E-state index contributed by atoms with van der Waals surface area (Å²) < 4.78 is 4.86. The molecule has 0 aliphatic heterocycles. The van der Waals surface area contributed by atoms with Crippen LogP contribution in [0.15, 0.2) is 47.4 Å². The molecule has 134 valence electrons. The first kappa shape index (κ1) is 17.3. The van der Waals surface area contributed by atoms with Crippen LogP contribution in [0.4, 0.5) is 22.0 Å². The Morgan fingerprint density at radius 1 is 1.23 bits per heavy atom. The van der Waals surface area contributed by atoms with Crippen molar-refractivity contribution in [1.29, 1.82) is 0 Å². The van der Waals surface area contributed by atoms with Gasteiger partial charge in [-0.3, -0.25) is 15.2 Å². The van der Waals surface area contributed by atoms with Crippen LogP contribution in [0, 0.1) is 6.92 Å². The molecular weight excluding hydrogens is 334 g/mol. The van der Waals surface area contributed by atoms with E-state index in [4.69, 9.17) is 4.74 Å². The topological polar surface area (TPSA) is 112 Å². The number of nitrogens with zero attached hydrogens (tertiary/aromatic N) is 1. The first-order valence-corrected chi connectivity index (χ1v) is 8.11. The van der Waals surface area contributed by atoms with Crippen LogP contribution in [0.5, 0.6) is 0 Å². The van der Waals surface area contributed by atoms with Gasteiger partial charge in [0.05, 0.1) is 12.3 Å². The maximum absolute atomic E-state index is 11.5. The molecule has 26 heavy (non-hydrogen) atoms. The molecule has 2 aromatic heterocycles. The van der Waals surface area contributed by atoms with Crippen molar-refractivity contribution in [3.05, 3.63) is 58.5 Å². The lowest BCUT2D eigenvalue weighted by Crippen LogP contribution is -2.13. The van der Waals surface area contributed by atoms with E-state index >= 15 is 0 Å². The van der Waals surface area contributed by atoms with Crippen LogP contribution in [0.2, 0.25) is 0 Å². The predicted octanol–water partition coefficient (Wildman–Crippen LogP) is 3.39. The van der Waals surface area contributed by atoms with Gasteiger partial charge in [-0.15, -0.1) is 0 Å². The average molecular weight is 353 g/mol. The van der Waals surface area contributed by atoms with Gasteiger partial charge in [-0.1, -0.05) is 0 Å². The minimum atomic E-state index is -0.481. The molecule has 0 atom stereocenters. The number of H-pyrrole nitrogens is 2. The molecule has 0 bridgehead atoms. The third-order valence-electron chi connectivity index (χ3n) is 3.68. The van der Waals surface area contributed by atoms with Crippen LogP contribution in [-0.2, 0) is 4.74 Å². The van der Waals surface area contributed by atoms with E-state index in [2.05, 4.69) is 25.8 Å². The molecule has 1 amide bonds. The molecule has 0 radical (unpaired) electrons. The Morgan fingerprint density at radius 3 is 2.77 bits per heavy atom. The van der Waals surface area contributed by atoms with Gasteiger partial charge in [-0.05, 0) is 43.7 Å². The molecule has 0 spiro atoms. The lowest BCUT2D eigenvalue weighted by molar-refractivity contribution is 0.168. The van der Waals surface area contributed by atoms with Gasteiger partial charge in [0.15, 0.2) is 5.82 Å². The zero-order valence-corrected chi connectivity index (χ0v) is 14.4. The van der Waals surface area contributed by atoms with Crippen molar-refractivity contribution in [2.75, 3.05) is 17.2 Å². The van der Waals surface area contributed by atoms with Crippen LogP contribution in [0.25, 0.3) is 11.3 Å². The number of nitrogens with one attached hydrogen (secondary N) is 4. The van der Waals surface area contributed by atoms with Gasteiger partial charge < -0.3 is 15.0 Å². The normalized spacial score (nSPS) is 10.4. The molecule has 4 N–H and O–H groups in total. The third-order valence-corrected chi connectivity index (χ3v) is 3.68. The smallest absolute Gasteiger partial charge is 0.411 e. The van der Waals surface area contributed by atoms with Gasteiger partial charge in [-0.25, -0.2) is 4.79 Å². The van der Waals surface area contributed by atoms with E-state index in [-0.39, 0.29) is 5.56 Å². The van der Waals surface area contributed by atoms with Crippen molar-refractivity contribution in [3.8, 4) is 11.3 Å². The highest BCUT2D eigenvalue weighted by Crippen LogP contribution is 2.25. The second-order valence-corrected chi connectivity index (χ2v) is 5.61. The number of hydrogen-bond donors (Lipinski definition) is 4. The van der Waals surface area contributed by atoms with Gasteiger partial charge in [0.1, 0.15) is 0 Å². The SMILES string of the molecule is CCOC(=O)Nc1ccc(Nc2cc(-c3ccc(=O)[nH]c3)[nH]n2)c(C)c1. The summed E-state index contributed by atoms with van der Waals surface area (Å²) in [6, 6.07) is 10.5. The number of ether oxygens (including phenoxy) is 1. The van der Waals surface area contributed by atoms with Crippen LogP contribution in [-0.4, -0.2) is 27.9 Å². The van der Waals surface area contributed by atoms with E-state index in [0.29, 0.717) is 18.1 Å². The maximum Gasteiger partial charge on any atom is 0.411 e. The van der Waals surface area contributed by atoms with Crippen LogP contribution >= 0.6 is 0 Å². The lowest BCUT2D eigenvalue weighted by atomic mass is 10.1. The molecule has 0 unspecified atom stereocenters. The third kappa shape index (κ3) is 4.10. The van der Waals surface area contributed by atoms with E-state index < -0.39 is 6.09 Å². The Balaban J connectivity index is 1.72. The Kier molecular flexibility index (Phi) is 5.02. The fourth-order valence-electron chi connectivity index (χ4n) is 2.42. The second-order valence-electron chi connectivity index (χ2n) is 5.61. The van der Waals surface area contributed by atoms with E-state index in [0.717, 1.165) is 22.5 Å². The van der Waals surface area contributed by atoms with E-state index in [1.807, 2.05) is 25.1 Å². The number of aromatic amines is 2. The predicted molar refractivity (Wildman–Crippen MR) is 99.8 cm³/mol. The first-order valence-electron chi connectivity index (χ1n) is 8.11. The molecule has 3 rings (SSSR count). The fourth-order valence-corrected chi connectivity index (χ4v) is 2.42. The molecule has 0 aliphatic rings. The summed E-state index contributed by atoms with van der Waals surface area (Å²) in [5.41, 5.74) is 3.91. The number of carbonyl (C=O) groups excluding carboxylic acids is 1. The zero-order chi connectivity index (χ0) is 18.5. The first-order chi connectivity index (χ1) is 12.5. The highest BCUT2D eigenvalue weighted by atomic mass is 16.5. The Hall–Kier alpha value is -3.55. The van der Waals surface area contributed by atoms with Crippen molar-refractivity contribution in [1.82, 2.24) is 15.2 Å². The van der Waals surface area contributed by atoms with Crippen molar-refractivity contribution < 1.29 is 9.53 Å². The number of amides is 1. The number of rotatable bonds is 5. The van der Waals surface area contributed by atoms with Crippen molar-refractivity contribution in [2.24, 2.45) is 0 Å². The number of benzene rings is 1. The van der Waals surface area contributed by atoms with Gasteiger partial charge in [0.2, 0.25) is 5.56 Å². The second kappa shape index (κ2) is 7.56. The number of anilines is 3. The minimum absolute atomic E-state index is 0.154. The molecule has 0 saturated heterocycles. The number of carbonyl (C=O) groups is 1. The molecular formula is C18H19N5O3. The van der Waals surface area contributed by atoms with Crippen molar-refractivity contribution >= 4 is 23.3 Å². The quantitative estimate of drug-likeness (QED) is 0.562. The fraction of sp³-hybridized carbons (Fsp3) is 0.167. The minimum Gasteiger partial charge on any atom is -0.450 e. The Labute approximate surface area is 149 Å². The van der Waals surface area contributed by atoms with Crippen molar-refractivity contribution in [3.63, 3.8) is 0 Å². The highest BCUT2D eigenvalue weighted by molar-refractivity contribution is 5.85. The number of pyridine rings is 1. The summed E-state index contributed by atoms with van der Waals surface area (Å²) >= 11 is 0. The van der Waals surface area contributed by atoms with E-state index in [9.17, 15) is 9.59 Å². The molecule has 3 aromatic rings. The summed E-state index contributed by atoms with van der Waals surface area (Å²) in [7, 11) is 0. The number of hydrogen-bond acceptors (Lipinski definition) is 5. The zero-order valence-electron chi connectivity index (χ0n) is 14.4. The van der Waals surface area contributed by atoms with Crippen molar-refractivity contribution in [2.45, 2.75) is 13.8 Å². The van der Waals surface area contributed by atoms with Gasteiger partial charge in [0, 0.05) is 35.3 Å². The van der Waals surface area contributed by atoms with Crippen LogP contribution in [0.1, 0.15) is 12.5 Å². The molecule has 1 aromatic carbocycles. The summed E-state index contributed by atoms with van der Waals surface area (Å²) in [6.45, 7) is 4.00. The molecule has 0 fully saturated rings. The molecule has 0 aliphatic carbocycles. The average Bonchev–Trinajstić information content (AvgIpc) is 3.07. The summed E-state index contributed by atoms with van der Waals surface area (Å²) in [6.07, 6.45) is 1.14. The standard InChI is InChI=1S/C18H19N5O3/c1-3-26-18(25)20-13-5-6-14(11(2)8-13)21-16-9-15(22-23-16)12-4-7-17(24)19-10-12/h4-10H,3H2,1-2H3,(H,19,24)(H,20,25)(H2,21,22,23). The summed E-state index contributed by atoms with van der Waals surface area (Å²) in [5, 5.41) is 13.0. The number of aryl methyl sites for hydroxylation is 1. The Morgan fingerprint density at radius 2 is 2.08 bits per heavy atom. The highest BCUT2D eigenvalue weighted by Gasteiger charge is 2.08. The molecule has 8 heteroatoms. The van der Waals surface area contributed by atoms with Crippen LogP contribution < -0.4 is 16.2 Å². The largest absolute Gasteiger partial charge is 0.450 e. The van der Waals surface area contributed by atoms with Gasteiger partial charge in [-0.2, -0.15) is 5.10 Å². The van der Waals surface area contributed by atoms with Gasteiger partial charge in [0.25, 0.3) is 0 Å². The molecule has 0 saturated carbocycles. The molecule has 2 heterocycles. The Bertz CT molecular complexity index is 956. The summed E-state index contributed by atoms with van der Waals surface area (Å²) in [5.74, 6) is 0.639. The summed E-state index contributed by atoms with van der Waals surface area (Å²) in [4.78, 5) is 25.2. The maximum atomic E-state index is 11.5. The monoisotopic (exact) mass is 353 g/mol. The lowest BCUT2D eigenvalue weighted by Gasteiger charge is -2.10. The van der Waals surface area contributed by atoms with Gasteiger partial charge >= 0.3 is 6.09 Å².